The molecule has 8 nitrogen and oxygen atoms in total. The predicted molar refractivity (Wildman–Crippen MR) is 90.3 cm³/mol. The molecule has 0 aromatic carbocycles. The van der Waals surface area contributed by atoms with Crippen LogP contribution in [0.25, 0.3) is 0 Å². The highest BCUT2D eigenvalue weighted by atomic mass is 16.4. The Labute approximate surface area is 147 Å². The number of nitrogens with zero attached hydrogens (tertiary/aromatic N) is 3. The maximum Gasteiger partial charge on any atom is 0.339 e. The fraction of sp³-hybridized carbons (Fsp3) is 0.588. The number of likely N-dealkylation sites (tertiary alicyclic amines) is 1. The first-order chi connectivity index (χ1) is 11.7. The number of piperidine rings is 1. The van der Waals surface area contributed by atoms with Gasteiger partial charge in [0.25, 0.3) is 0 Å². The molecule has 0 aliphatic carbocycles. The standard InChI is InChI=1S/C17H25N3O5/c1-11-14(16(22)23)9-13(25-11)10-19(4)15(21)12-5-7-20(8-6-12)17(24)18(2)3/h9,12H,5-8,10H2,1-4H3,(H,22,23). The molecule has 0 saturated carbocycles. The number of aryl methyl sites for hydroxylation is 1. The van der Waals surface area contributed by atoms with Gasteiger partial charge in [0, 0.05) is 40.2 Å². The van der Waals surface area contributed by atoms with Crippen molar-refractivity contribution < 1.29 is 23.9 Å². The highest BCUT2D eigenvalue weighted by Gasteiger charge is 2.30. The van der Waals surface area contributed by atoms with Crippen molar-refractivity contribution in [3.8, 4) is 0 Å². The Bertz CT molecular complexity index is 659. The Kier molecular flexibility index (Phi) is 5.71. The average Bonchev–Trinajstić information content (AvgIpc) is 2.94. The number of urea groups is 1. The third-order valence-corrected chi connectivity index (χ3v) is 4.47. The van der Waals surface area contributed by atoms with Crippen molar-refractivity contribution in [1.29, 1.82) is 0 Å². The summed E-state index contributed by atoms with van der Waals surface area (Å²) in [5.41, 5.74) is 0.117. The van der Waals surface area contributed by atoms with Gasteiger partial charge in [-0.2, -0.15) is 0 Å². The largest absolute Gasteiger partial charge is 0.478 e. The van der Waals surface area contributed by atoms with Crippen LogP contribution in [0.15, 0.2) is 10.5 Å². The molecule has 0 radical (unpaired) electrons. The molecule has 1 aliphatic rings. The Morgan fingerprint density at radius 2 is 1.84 bits per heavy atom. The lowest BCUT2D eigenvalue weighted by Crippen LogP contribution is -2.46. The zero-order valence-corrected chi connectivity index (χ0v) is 15.1. The van der Waals surface area contributed by atoms with Crippen LogP contribution in [0.3, 0.4) is 0 Å². The molecule has 2 heterocycles. The minimum atomic E-state index is -1.04. The summed E-state index contributed by atoms with van der Waals surface area (Å²) in [5, 5.41) is 9.06. The molecule has 1 aromatic heterocycles. The van der Waals surface area contributed by atoms with Gasteiger partial charge in [-0.05, 0) is 25.8 Å². The fourth-order valence-electron chi connectivity index (χ4n) is 3.06. The monoisotopic (exact) mass is 351 g/mol. The van der Waals surface area contributed by atoms with Crippen LogP contribution in [0.5, 0.6) is 0 Å². The SMILES string of the molecule is Cc1oc(CN(C)C(=O)C2CCN(C(=O)N(C)C)CC2)cc1C(=O)O. The summed E-state index contributed by atoms with van der Waals surface area (Å²) in [6, 6.07) is 1.42. The number of aromatic carboxylic acids is 1. The molecule has 1 saturated heterocycles. The molecule has 2 rings (SSSR count). The van der Waals surface area contributed by atoms with E-state index in [4.69, 9.17) is 9.52 Å². The normalized spacial score (nSPS) is 15.1. The summed E-state index contributed by atoms with van der Waals surface area (Å²) >= 11 is 0. The first-order valence-electron chi connectivity index (χ1n) is 8.24. The van der Waals surface area contributed by atoms with E-state index in [0.717, 1.165) is 0 Å². The van der Waals surface area contributed by atoms with E-state index >= 15 is 0 Å². The second-order valence-corrected chi connectivity index (χ2v) is 6.62. The summed E-state index contributed by atoms with van der Waals surface area (Å²) in [5.74, 6) is -0.404. The van der Waals surface area contributed by atoms with E-state index in [1.165, 1.54) is 11.0 Å². The third kappa shape index (κ3) is 4.32. The lowest BCUT2D eigenvalue weighted by Gasteiger charge is -2.34. The molecule has 0 unspecified atom stereocenters. The van der Waals surface area contributed by atoms with Gasteiger partial charge in [-0.15, -0.1) is 0 Å². The van der Waals surface area contributed by atoms with Gasteiger partial charge < -0.3 is 24.2 Å². The van der Waals surface area contributed by atoms with Crippen LogP contribution in [0.2, 0.25) is 0 Å². The van der Waals surface area contributed by atoms with Crippen LogP contribution in [0, 0.1) is 12.8 Å². The maximum absolute atomic E-state index is 12.6. The lowest BCUT2D eigenvalue weighted by molar-refractivity contribution is -0.136. The zero-order chi connectivity index (χ0) is 18.7. The summed E-state index contributed by atoms with van der Waals surface area (Å²) < 4.78 is 5.43. The van der Waals surface area contributed by atoms with E-state index in [1.807, 2.05) is 0 Å². The molecule has 1 aliphatic heterocycles. The van der Waals surface area contributed by atoms with E-state index in [-0.39, 0.29) is 30.0 Å². The predicted octanol–water partition coefficient (Wildman–Crippen LogP) is 1.64. The fourth-order valence-corrected chi connectivity index (χ4v) is 3.06. The third-order valence-electron chi connectivity index (χ3n) is 4.47. The van der Waals surface area contributed by atoms with E-state index in [1.54, 1.807) is 37.9 Å². The molecular weight excluding hydrogens is 326 g/mol. The van der Waals surface area contributed by atoms with Gasteiger partial charge in [0.2, 0.25) is 5.91 Å². The lowest BCUT2D eigenvalue weighted by atomic mass is 9.95. The van der Waals surface area contributed by atoms with Crippen molar-refractivity contribution in [3.63, 3.8) is 0 Å². The Hall–Kier alpha value is -2.51. The summed E-state index contributed by atoms with van der Waals surface area (Å²) in [4.78, 5) is 40.4. The van der Waals surface area contributed by atoms with Gasteiger partial charge in [-0.25, -0.2) is 9.59 Å². The number of rotatable bonds is 4. The number of hydrogen-bond acceptors (Lipinski definition) is 4. The van der Waals surface area contributed by atoms with Gasteiger partial charge in [0.15, 0.2) is 0 Å². The Morgan fingerprint density at radius 3 is 2.32 bits per heavy atom. The molecule has 0 spiro atoms. The first kappa shape index (κ1) is 18.8. The summed E-state index contributed by atoms with van der Waals surface area (Å²) in [6.07, 6.45) is 1.25. The number of hydrogen-bond donors (Lipinski definition) is 1. The molecule has 1 N–H and O–H groups in total. The van der Waals surface area contributed by atoms with Crippen LogP contribution in [0.1, 0.15) is 34.7 Å². The molecule has 0 atom stereocenters. The smallest absolute Gasteiger partial charge is 0.339 e. The number of carbonyl (C=O) groups excluding carboxylic acids is 2. The zero-order valence-electron chi connectivity index (χ0n) is 15.1. The highest BCUT2D eigenvalue weighted by molar-refractivity contribution is 5.88. The van der Waals surface area contributed by atoms with Gasteiger partial charge in [0.1, 0.15) is 17.1 Å². The van der Waals surface area contributed by atoms with E-state index in [9.17, 15) is 14.4 Å². The number of carboxylic acid groups (broad SMARTS) is 1. The van der Waals surface area contributed by atoms with Crippen LogP contribution in [0.4, 0.5) is 4.79 Å². The maximum atomic E-state index is 12.6. The van der Waals surface area contributed by atoms with Crippen molar-refractivity contribution in [2.45, 2.75) is 26.3 Å². The van der Waals surface area contributed by atoms with Crippen molar-refractivity contribution in [3.05, 3.63) is 23.2 Å². The first-order valence-corrected chi connectivity index (χ1v) is 8.24. The molecule has 8 heteroatoms. The van der Waals surface area contributed by atoms with E-state index in [2.05, 4.69) is 0 Å². The van der Waals surface area contributed by atoms with Gasteiger partial charge in [-0.1, -0.05) is 0 Å². The average molecular weight is 351 g/mol. The van der Waals surface area contributed by atoms with Crippen molar-refractivity contribution in [2.24, 2.45) is 5.92 Å². The molecule has 1 fully saturated rings. The molecular formula is C17H25N3O5. The Balaban J connectivity index is 1.92. The Morgan fingerprint density at radius 1 is 1.24 bits per heavy atom. The highest BCUT2D eigenvalue weighted by Crippen LogP contribution is 2.22. The van der Waals surface area contributed by atoms with Crippen LogP contribution < -0.4 is 0 Å². The van der Waals surface area contributed by atoms with Crippen LogP contribution in [-0.4, -0.2) is 71.9 Å². The van der Waals surface area contributed by atoms with Gasteiger partial charge in [-0.3, -0.25) is 4.79 Å². The minimum absolute atomic E-state index is 0.0112. The second kappa shape index (κ2) is 7.58. The van der Waals surface area contributed by atoms with Crippen molar-refractivity contribution in [2.75, 3.05) is 34.2 Å². The van der Waals surface area contributed by atoms with E-state index in [0.29, 0.717) is 37.5 Å². The minimum Gasteiger partial charge on any atom is -0.478 e. The van der Waals surface area contributed by atoms with Crippen molar-refractivity contribution >= 4 is 17.9 Å². The molecule has 1 aromatic rings. The topological polar surface area (TPSA) is 94.3 Å². The van der Waals surface area contributed by atoms with Gasteiger partial charge in [0.05, 0.1) is 6.54 Å². The van der Waals surface area contributed by atoms with Crippen molar-refractivity contribution in [1.82, 2.24) is 14.7 Å². The van der Waals surface area contributed by atoms with E-state index < -0.39 is 5.97 Å². The number of carboxylic acids is 1. The second-order valence-electron chi connectivity index (χ2n) is 6.62. The molecule has 0 bridgehead atoms. The number of amides is 3. The molecule has 3 amide bonds. The summed E-state index contributed by atoms with van der Waals surface area (Å²) in [6.45, 7) is 2.94. The molecule has 138 valence electrons. The van der Waals surface area contributed by atoms with Crippen LogP contribution in [-0.2, 0) is 11.3 Å². The quantitative estimate of drug-likeness (QED) is 0.890. The molecule has 25 heavy (non-hydrogen) atoms. The van der Waals surface area contributed by atoms with Crippen LogP contribution >= 0.6 is 0 Å². The number of furan rings is 1. The number of carbonyl (C=O) groups is 3. The summed E-state index contributed by atoms with van der Waals surface area (Å²) in [7, 11) is 5.10. The van der Waals surface area contributed by atoms with Gasteiger partial charge >= 0.3 is 12.0 Å².